The molecule has 152 valence electrons. The summed E-state index contributed by atoms with van der Waals surface area (Å²) in [4.78, 5) is 4.25. The maximum absolute atomic E-state index is 14.5. The molecule has 0 aliphatic heterocycles. The first-order valence-corrected chi connectivity index (χ1v) is 9.83. The number of nitrogens with zero attached hydrogens (tertiary/aromatic N) is 3. The minimum Gasteiger partial charge on any atom is -0.439 e. The Labute approximate surface area is 176 Å². The van der Waals surface area contributed by atoms with E-state index in [1.807, 2.05) is 24.3 Å². The second kappa shape index (κ2) is 7.75. The summed E-state index contributed by atoms with van der Waals surface area (Å²) in [6.45, 7) is 6.48. The molecule has 2 heterocycles. The molecule has 4 aromatic rings. The first-order valence-electron chi connectivity index (χ1n) is 9.83. The summed E-state index contributed by atoms with van der Waals surface area (Å²) in [5.74, 6) is 0.426. The van der Waals surface area contributed by atoms with Gasteiger partial charge in [0.15, 0.2) is 0 Å². The van der Waals surface area contributed by atoms with E-state index >= 15 is 0 Å². The van der Waals surface area contributed by atoms with Gasteiger partial charge in [-0.15, -0.1) is 0 Å². The molecule has 0 aliphatic rings. The molecule has 0 atom stereocenters. The monoisotopic (exact) mass is 401 g/mol. The molecular weight excluding hydrogens is 377 g/mol. The molecule has 0 saturated heterocycles. The fourth-order valence-corrected chi connectivity index (χ4v) is 3.44. The molecular formula is C25H24FN3O. The third-order valence-electron chi connectivity index (χ3n) is 5.42. The normalized spacial score (nSPS) is 11.5. The van der Waals surface area contributed by atoms with Crippen LogP contribution in [-0.2, 0) is 12.5 Å². The van der Waals surface area contributed by atoms with Crippen molar-refractivity contribution in [3.05, 3.63) is 95.7 Å². The fourth-order valence-electron chi connectivity index (χ4n) is 3.44. The van der Waals surface area contributed by atoms with Crippen LogP contribution in [0.25, 0.3) is 11.1 Å². The van der Waals surface area contributed by atoms with Gasteiger partial charge in [-0.3, -0.25) is 4.68 Å². The van der Waals surface area contributed by atoms with E-state index in [-0.39, 0.29) is 11.3 Å². The number of hydrogen-bond donors (Lipinski definition) is 0. The summed E-state index contributed by atoms with van der Waals surface area (Å²) in [7, 11) is 1.79. The molecule has 30 heavy (non-hydrogen) atoms. The highest BCUT2D eigenvalue weighted by Crippen LogP contribution is 2.33. The van der Waals surface area contributed by atoms with Gasteiger partial charge in [0.05, 0.1) is 6.20 Å². The average Bonchev–Trinajstić information content (AvgIpc) is 3.15. The number of aromatic nitrogens is 3. The Bertz CT molecular complexity index is 1160. The zero-order valence-corrected chi connectivity index (χ0v) is 17.6. The van der Waals surface area contributed by atoms with E-state index in [9.17, 15) is 4.39 Å². The summed E-state index contributed by atoms with van der Waals surface area (Å²) in [6.07, 6.45) is 4.82. The second-order valence-electron chi connectivity index (χ2n) is 8.02. The Morgan fingerprint density at radius 1 is 0.933 bits per heavy atom. The Morgan fingerprint density at radius 2 is 1.57 bits per heavy atom. The number of hydrogen-bond acceptors (Lipinski definition) is 3. The van der Waals surface area contributed by atoms with E-state index in [4.69, 9.17) is 4.74 Å². The van der Waals surface area contributed by atoms with Crippen LogP contribution in [0.15, 0.2) is 73.2 Å². The van der Waals surface area contributed by atoms with Gasteiger partial charge in [-0.1, -0.05) is 55.8 Å². The van der Waals surface area contributed by atoms with Crippen molar-refractivity contribution in [3.63, 3.8) is 0 Å². The number of pyridine rings is 1. The van der Waals surface area contributed by atoms with Gasteiger partial charge in [0.1, 0.15) is 11.6 Å². The lowest BCUT2D eigenvalue weighted by molar-refractivity contribution is 0.456. The van der Waals surface area contributed by atoms with Crippen LogP contribution in [0.2, 0.25) is 0 Å². The Kier molecular flexibility index (Phi) is 5.12. The van der Waals surface area contributed by atoms with Gasteiger partial charge in [0.25, 0.3) is 0 Å². The summed E-state index contributed by atoms with van der Waals surface area (Å²) < 4.78 is 21.9. The smallest absolute Gasteiger partial charge is 0.222 e. The van der Waals surface area contributed by atoms with Crippen molar-refractivity contribution in [1.82, 2.24) is 14.8 Å². The quantitative estimate of drug-likeness (QED) is 0.409. The van der Waals surface area contributed by atoms with Crippen molar-refractivity contribution in [2.45, 2.75) is 26.2 Å². The van der Waals surface area contributed by atoms with Crippen LogP contribution in [0.4, 0.5) is 4.39 Å². The summed E-state index contributed by atoms with van der Waals surface area (Å²) in [6, 6.07) is 17.7. The van der Waals surface area contributed by atoms with Crippen molar-refractivity contribution in [2.24, 2.45) is 7.05 Å². The van der Waals surface area contributed by atoms with E-state index < -0.39 is 5.82 Å². The van der Waals surface area contributed by atoms with Gasteiger partial charge in [-0.2, -0.15) is 5.10 Å². The van der Waals surface area contributed by atoms with Crippen LogP contribution in [0.3, 0.4) is 0 Å². The van der Waals surface area contributed by atoms with Gasteiger partial charge in [-0.05, 0) is 30.2 Å². The second-order valence-corrected chi connectivity index (χ2v) is 8.02. The average molecular weight is 401 g/mol. The molecule has 0 N–H and O–H groups in total. The van der Waals surface area contributed by atoms with E-state index in [0.717, 1.165) is 0 Å². The molecule has 0 bridgehead atoms. The topological polar surface area (TPSA) is 39.9 Å². The molecule has 2 aromatic carbocycles. The minimum atomic E-state index is -0.398. The van der Waals surface area contributed by atoms with Crippen LogP contribution >= 0.6 is 0 Å². The molecule has 0 fully saturated rings. The van der Waals surface area contributed by atoms with Crippen LogP contribution in [0, 0.1) is 12.7 Å². The van der Waals surface area contributed by atoms with Gasteiger partial charge in [0.2, 0.25) is 5.88 Å². The van der Waals surface area contributed by atoms with Gasteiger partial charge < -0.3 is 4.74 Å². The van der Waals surface area contributed by atoms with Crippen LogP contribution in [0.5, 0.6) is 11.6 Å². The lowest BCUT2D eigenvalue weighted by atomic mass is 9.78. The third kappa shape index (κ3) is 3.96. The van der Waals surface area contributed by atoms with Crippen molar-refractivity contribution in [3.8, 4) is 22.8 Å². The fraction of sp³-hybridized carbons (Fsp3) is 0.200. The molecule has 0 spiro atoms. The van der Waals surface area contributed by atoms with E-state index in [0.29, 0.717) is 16.9 Å². The summed E-state index contributed by atoms with van der Waals surface area (Å²) in [5, 5.41) is 4.07. The first-order chi connectivity index (χ1) is 14.3. The van der Waals surface area contributed by atoms with Gasteiger partial charge in [0, 0.05) is 42.0 Å². The lowest BCUT2D eigenvalue weighted by Gasteiger charge is -2.26. The molecule has 0 saturated carbocycles. The van der Waals surface area contributed by atoms with Crippen molar-refractivity contribution < 1.29 is 9.13 Å². The molecule has 0 amide bonds. The van der Waals surface area contributed by atoms with Gasteiger partial charge in [-0.25, -0.2) is 9.37 Å². The van der Waals surface area contributed by atoms with Crippen molar-refractivity contribution in [1.29, 1.82) is 0 Å². The standard InChI is InChI=1S/C25H24FN3O/c1-17-5-7-19(8-6-17)25(2,3)20-9-11-21(12-10-20)30-24-13-23(26)22(15-27-24)18-14-28-29(4)16-18/h5-16H,1-4H3. The Balaban J connectivity index is 1.52. The Morgan fingerprint density at radius 3 is 2.13 bits per heavy atom. The lowest BCUT2D eigenvalue weighted by Crippen LogP contribution is -2.18. The first kappa shape index (κ1) is 19.8. The molecule has 0 aliphatic carbocycles. The highest BCUT2D eigenvalue weighted by atomic mass is 19.1. The number of halogens is 1. The van der Waals surface area contributed by atoms with Crippen LogP contribution in [-0.4, -0.2) is 14.8 Å². The Hall–Kier alpha value is -3.47. The number of aryl methyl sites for hydroxylation is 2. The van der Waals surface area contributed by atoms with Crippen molar-refractivity contribution >= 4 is 0 Å². The minimum absolute atomic E-state index is 0.137. The zero-order valence-electron chi connectivity index (χ0n) is 17.6. The van der Waals surface area contributed by atoms with E-state index in [2.05, 4.69) is 55.1 Å². The molecule has 4 rings (SSSR count). The molecule has 4 nitrogen and oxygen atoms in total. The predicted molar refractivity (Wildman–Crippen MR) is 116 cm³/mol. The van der Waals surface area contributed by atoms with E-state index in [1.165, 1.54) is 29.0 Å². The number of ether oxygens (including phenoxy) is 1. The van der Waals surface area contributed by atoms with Crippen LogP contribution in [0.1, 0.15) is 30.5 Å². The third-order valence-corrected chi connectivity index (χ3v) is 5.42. The van der Waals surface area contributed by atoms with Gasteiger partial charge >= 0.3 is 0 Å². The maximum atomic E-state index is 14.5. The maximum Gasteiger partial charge on any atom is 0.222 e. The summed E-state index contributed by atoms with van der Waals surface area (Å²) >= 11 is 0. The molecule has 0 radical (unpaired) electrons. The number of rotatable bonds is 5. The highest BCUT2D eigenvalue weighted by Gasteiger charge is 2.23. The SMILES string of the molecule is Cc1ccc(C(C)(C)c2ccc(Oc3cc(F)c(-c4cnn(C)c4)cn3)cc2)cc1. The highest BCUT2D eigenvalue weighted by molar-refractivity contribution is 5.61. The summed E-state index contributed by atoms with van der Waals surface area (Å²) in [5.41, 5.74) is 4.60. The molecule has 5 heteroatoms. The number of benzene rings is 2. The van der Waals surface area contributed by atoms with E-state index in [1.54, 1.807) is 24.1 Å². The molecule has 2 aromatic heterocycles. The largest absolute Gasteiger partial charge is 0.439 e. The van der Waals surface area contributed by atoms with Crippen LogP contribution < -0.4 is 4.74 Å². The zero-order chi connectivity index (χ0) is 21.3. The predicted octanol–water partition coefficient (Wildman–Crippen LogP) is 6.05. The van der Waals surface area contributed by atoms with Crippen molar-refractivity contribution in [2.75, 3.05) is 0 Å². The molecule has 0 unspecified atom stereocenters.